The zero-order valence-corrected chi connectivity index (χ0v) is 12.0. The first-order chi connectivity index (χ1) is 10.2. The van der Waals surface area contributed by atoms with Gasteiger partial charge in [-0.05, 0) is 24.1 Å². The van der Waals surface area contributed by atoms with Gasteiger partial charge in [-0.15, -0.1) is 10.2 Å². The molecule has 0 spiro atoms. The maximum Gasteiger partial charge on any atom is 0.243 e. The number of aryl methyl sites for hydroxylation is 1. The number of anilines is 1. The summed E-state index contributed by atoms with van der Waals surface area (Å²) in [5.41, 5.74) is 2.28. The molecule has 0 saturated carbocycles. The minimum absolute atomic E-state index is 0.687. The van der Waals surface area contributed by atoms with Crippen LogP contribution in [0.4, 0.5) is 5.69 Å². The smallest absolute Gasteiger partial charge is 0.243 e. The van der Waals surface area contributed by atoms with Gasteiger partial charge in [0, 0.05) is 19.0 Å². The van der Waals surface area contributed by atoms with Gasteiger partial charge in [0.2, 0.25) is 5.79 Å². The molecule has 1 heterocycles. The van der Waals surface area contributed by atoms with Crippen molar-refractivity contribution < 1.29 is 0 Å². The van der Waals surface area contributed by atoms with Gasteiger partial charge >= 0.3 is 0 Å². The van der Waals surface area contributed by atoms with Crippen LogP contribution in [0.1, 0.15) is 18.9 Å². The first-order valence-electron chi connectivity index (χ1n) is 7.12. The van der Waals surface area contributed by atoms with E-state index in [0.29, 0.717) is 0 Å². The van der Waals surface area contributed by atoms with Crippen LogP contribution in [0.2, 0.25) is 0 Å². The van der Waals surface area contributed by atoms with Crippen LogP contribution in [-0.2, 0) is 6.42 Å². The molecule has 3 rings (SSSR count). The van der Waals surface area contributed by atoms with E-state index in [4.69, 9.17) is 0 Å². The summed E-state index contributed by atoms with van der Waals surface area (Å²) in [4.78, 5) is 4.60. The molecule has 0 saturated heterocycles. The van der Waals surface area contributed by atoms with Gasteiger partial charge < -0.3 is 5.32 Å². The van der Waals surface area contributed by atoms with Crippen LogP contribution in [-0.4, -0.2) is 11.6 Å². The Morgan fingerprint density at radius 1 is 0.905 bits per heavy atom. The number of nitrogens with zero attached hydrogens (tertiary/aromatic N) is 3. The second kappa shape index (κ2) is 5.87. The van der Waals surface area contributed by atoms with Crippen LogP contribution in [0, 0.1) is 0 Å². The molecule has 0 bridgehead atoms. The molecule has 2 aromatic carbocycles. The van der Waals surface area contributed by atoms with E-state index in [1.807, 2.05) is 55.5 Å². The second-order valence-electron chi connectivity index (χ2n) is 5.23. The van der Waals surface area contributed by atoms with Crippen molar-refractivity contribution in [3.63, 3.8) is 0 Å². The molecule has 0 radical (unpaired) electrons. The van der Waals surface area contributed by atoms with Crippen LogP contribution >= 0.6 is 0 Å². The van der Waals surface area contributed by atoms with Crippen LogP contribution < -0.4 is 5.32 Å². The normalized spacial score (nSPS) is 20.3. The van der Waals surface area contributed by atoms with Gasteiger partial charge in [-0.3, -0.25) is 0 Å². The van der Waals surface area contributed by atoms with Crippen molar-refractivity contribution >= 4 is 11.5 Å². The molecule has 4 nitrogen and oxygen atoms in total. The third-order valence-corrected chi connectivity index (χ3v) is 3.34. The van der Waals surface area contributed by atoms with Crippen molar-refractivity contribution in [1.29, 1.82) is 0 Å². The molecule has 2 aromatic rings. The minimum Gasteiger partial charge on any atom is -0.342 e. The predicted molar refractivity (Wildman–Crippen MR) is 85.5 cm³/mol. The first kappa shape index (κ1) is 13.5. The Morgan fingerprint density at radius 3 is 2.29 bits per heavy atom. The van der Waals surface area contributed by atoms with Crippen molar-refractivity contribution in [2.24, 2.45) is 15.2 Å². The van der Waals surface area contributed by atoms with Crippen molar-refractivity contribution in [3.8, 4) is 0 Å². The lowest BCUT2D eigenvalue weighted by atomic mass is 10.1. The molecule has 1 aliphatic rings. The topological polar surface area (TPSA) is 49.1 Å². The van der Waals surface area contributed by atoms with Gasteiger partial charge in [-0.25, -0.2) is 4.99 Å². The van der Waals surface area contributed by atoms with Crippen molar-refractivity contribution in [3.05, 3.63) is 66.2 Å². The summed E-state index contributed by atoms with van der Waals surface area (Å²) < 4.78 is 0. The Hall–Kier alpha value is -2.49. The third-order valence-electron chi connectivity index (χ3n) is 3.34. The number of rotatable bonds is 5. The number of hydrogen-bond donors (Lipinski definition) is 1. The number of para-hydroxylation sites is 1. The fourth-order valence-electron chi connectivity index (χ4n) is 2.31. The Balaban J connectivity index is 1.63. The molecule has 1 N–H and O–H groups in total. The summed E-state index contributed by atoms with van der Waals surface area (Å²) in [6.45, 7) is 1.93. The summed E-state index contributed by atoms with van der Waals surface area (Å²) in [6.07, 6.45) is 1.74. The minimum atomic E-state index is -0.687. The van der Waals surface area contributed by atoms with E-state index in [2.05, 4.69) is 32.7 Å². The summed E-state index contributed by atoms with van der Waals surface area (Å²) in [5.74, 6) is 0.109. The van der Waals surface area contributed by atoms with Gasteiger partial charge in [-0.2, -0.15) is 0 Å². The molecule has 0 aromatic heterocycles. The van der Waals surface area contributed by atoms with E-state index in [-0.39, 0.29) is 0 Å². The van der Waals surface area contributed by atoms with E-state index in [0.717, 1.165) is 24.4 Å². The van der Waals surface area contributed by atoms with Gasteiger partial charge in [0.1, 0.15) is 0 Å². The number of azo groups is 1. The van der Waals surface area contributed by atoms with Crippen LogP contribution in [0.3, 0.4) is 0 Å². The highest BCUT2D eigenvalue weighted by atomic mass is 15.4. The highest BCUT2D eigenvalue weighted by molar-refractivity contribution is 5.84. The Morgan fingerprint density at radius 2 is 1.57 bits per heavy atom. The predicted octanol–water partition coefficient (Wildman–Crippen LogP) is 4.27. The summed E-state index contributed by atoms with van der Waals surface area (Å²) in [5, 5.41) is 11.8. The molecule has 0 fully saturated rings. The lowest BCUT2D eigenvalue weighted by Crippen LogP contribution is -2.28. The highest BCUT2D eigenvalue weighted by Crippen LogP contribution is 2.23. The van der Waals surface area contributed by atoms with Gasteiger partial charge in [0.25, 0.3) is 0 Å². The average molecular weight is 278 g/mol. The maximum atomic E-state index is 4.60. The third kappa shape index (κ3) is 3.54. The largest absolute Gasteiger partial charge is 0.342 e. The molecule has 4 heteroatoms. The maximum absolute atomic E-state index is 4.60. The Labute approximate surface area is 124 Å². The van der Waals surface area contributed by atoms with E-state index >= 15 is 0 Å². The first-order valence-corrected chi connectivity index (χ1v) is 7.12. The summed E-state index contributed by atoms with van der Waals surface area (Å²) >= 11 is 0. The van der Waals surface area contributed by atoms with Crippen molar-refractivity contribution in [2.75, 3.05) is 5.32 Å². The molecule has 0 aliphatic carbocycles. The number of aliphatic imine (C=N–C) groups is 1. The molecule has 1 aliphatic heterocycles. The average Bonchev–Trinajstić information content (AvgIpc) is 2.88. The van der Waals surface area contributed by atoms with Gasteiger partial charge in [0.05, 0.1) is 0 Å². The highest BCUT2D eigenvalue weighted by Gasteiger charge is 2.27. The zero-order valence-electron chi connectivity index (χ0n) is 12.0. The number of benzene rings is 2. The fourth-order valence-corrected chi connectivity index (χ4v) is 2.31. The monoisotopic (exact) mass is 278 g/mol. The van der Waals surface area contributed by atoms with Gasteiger partial charge in [0.15, 0.2) is 5.84 Å². The molecule has 21 heavy (non-hydrogen) atoms. The molecule has 1 unspecified atom stereocenters. The number of amidine groups is 1. The van der Waals surface area contributed by atoms with Crippen LogP contribution in [0.25, 0.3) is 0 Å². The molecule has 106 valence electrons. The van der Waals surface area contributed by atoms with Crippen molar-refractivity contribution in [1.82, 2.24) is 0 Å². The Kier molecular flexibility index (Phi) is 3.77. The molecular weight excluding hydrogens is 260 g/mol. The molecule has 1 atom stereocenters. The van der Waals surface area contributed by atoms with Crippen molar-refractivity contribution in [2.45, 2.75) is 25.6 Å². The number of hydrogen-bond acceptors (Lipinski definition) is 4. The zero-order chi connectivity index (χ0) is 14.5. The fraction of sp³-hybridized carbons (Fsp3) is 0.235. The molecule has 0 amide bonds. The summed E-state index contributed by atoms with van der Waals surface area (Å²) in [6, 6.07) is 20.3. The Bertz CT molecular complexity index is 649. The van der Waals surface area contributed by atoms with E-state index < -0.39 is 5.79 Å². The lowest BCUT2D eigenvalue weighted by Gasteiger charge is -2.18. The van der Waals surface area contributed by atoms with Gasteiger partial charge in [-0.1, -0.05) is 48.5 Å². The SMILES string of the molecule is CC1(Nc2ccccc2)N=NC(CCc2ccccc2)=N1. The molecular formula is C17H18N4. The number of nitrogens with one attached hydrogen (secondary N) is 1. The second-order valence-corrected chi connectivity index (χ2v) is 5.23. The summed E-state index contributed by atoms with van der Waals surface area (Å²) in [7, 11) is 0. The van der Waals surface area contributed by atoms with Crippen LogP contribution in [0.5, 0.6) is 0 Å². The quantitative estimate of drug-likeness (QED) is 0.872. The van der Waals surface area contributed by atoms with Crippen LogP contribution in [0.15, 0.2) is 75.9 Å². The van der Waals surface area contributed by atoms with E-state index in [1.165, 1.54) is 5.56 Å². The van der Waals surface area contributed by atoms with E-state index in [1.54, 1.807) is 0 Å². The van der Waals surface area contributed by atoms with E-state index in [9.17, 15) is 0 Å². The lowest BCUT2D eigenvalue weighted by molar-refractivity contribution is 0.567. The standard InChI is InChI=1S/C17H18N4/c1-17(18-15-10-6-3-7-11-15)19-16(20-21-17)13-12-14-8-4-2-5-9-14/h2-11,18H,12-13H2,1H3.